The third-order valence-electron chi connectivity index (χ3n) is 4.75. The molecule has 3 rings (SSSR count). The van der Waals surface area contributed by atoms with E-state index in [9.17, 15) is 13.2 Å². The number of nitrogens with zero attached hydrogens (tertiary/aromatic N) is 1. The van der Waals surface area contributed by atoms with E-state index in [2.05, 4.69) is 5.32 Å². The van der Waals surface area contributed by atoms with E-state index in [0.717, 1.165) is 36.3 Å². The maximum absolute atomic E-state index is 12.9. The molecular weight excluding hydrogens is 408 g/mol. The van der Waals surface area contributed by atoms with Crippen LogP contribution in [0.5, 0.6) is 5.75 Å². The molecule has 1 heterocycles. The molecule has 1 amide bonds. The smallest absolute Gasteiger partial charge is 0.243 e. The first kappa shape index (κ1) is 21.7. The Hall–Kier alpha value is -2.03. The molecule has 1 fully saturated rings. The van der Waals surface area contributed by atoms with Crippen molar-refractivity contribution in [2.75, 3.05) is 31.3 Å². The summed E-state index contributed by atoms with van der Waals surface area (Å²) in [5.41, 5.74) is 0.487. The minimum Gasteiger partial charge on any atom is -0.497 e. The fourth-order valence-electron chi connectivity index (χ4n) is 3.18. The maximum Gasteiger partial charge on any atom is 0.243 e. The molecule has 0 aliphatic carbocycles. The average Bonchev–Trinajstić information content (AvgIpc) is 3.03. The maximum atomic E-state index is 12.9. The van der Waals surface area contributed by atoms with E-state index in [0.29, 0.717) is 18.8 Å². The molecule has 2 aromatic rings. The Kier molecular flexibility index (Phi) is 7.57. The molecule has 0 bridgehead atoms. The van der Waals surface area contributed by atoms with Gasteiger partial charge in [0.1, 0.15) is 5.75 Å². The van der Waals surface area contributed by atoms with E-state index in [4.69, 9.17) is 4.74 Å². The number of rotatable bonds is 7. The van der Waals surface area contributed by atoms with Crippen molar-refractivity contribution >= 4 is 33.4 Å². The number of nitrogens with one attached hydrogen (secondary N) is 1. The number of sulfonamides is 1. The molecule has 1 aliphatic heterocycles. The fraction of sp³-hybridized carbons (Fsp3) is 0.381. The van der Waals surface area contributed by atoms with Crippen molar-refractivity contribution in [1.82, 2.24) is 4.31 Å². The Bertz CT molecular complexity index is 922. The Morgan fingerprint density at radius 3 is 2.41 bits per heavy atom. The number of hydrogen-bond acceptors (Lipinski definition) is 5. The second-order valence-corrected chi connectivity index (χ2v) is 9.85. The van der Waals surface area contributed by atoms with Gasteiger partial charge in [-0.2, -0.15) is 4.31 Å². The van der Waals surface area contributed by atoms with E-state index in [-0.39, 0.29) is 16.6 Å². The van der Waals surface area contributed by atoms with Gasteiger partial charge in [0.15, 0.2) is 0 Å². The Labute approximate surface area is 176 Å². The summed E-state index contributed by atoms with van der Waals surface area (Å²) in [4.78, 5) is 13.5. The van der Waals surface area contributed by atoms with Crippen molar-refractivity contribution in [2.24, 2.45) is 0 Å². The molecule has 0 atom stereocenters. The summed E-state index contributed by atoms with van der Waals surface area (Å²) in [5.74, 6) is 0.812. The lowest BCUT2D eigenvalue weighted by Gasteiger charge is -2.20. The monoisotopic (exact) mass is 434 g/mol. The van der Waals surface area contributed by atoms with Gasteiger partial charge in [0.25, 0.3) is 0 Å². The molecule has 0 spiro atoms. The third-order valence-corrected chi connectivity index (χ3v) is 7.66. The second-order valence-electron chi connectivity index (χ2n) is 6.86. The summed E-state index contributed by atoms with van der Waals surface area (Å²) in [6.45, 7) is 1.11. The molecule has 0 aromatic heterocycles. The summed E-state index contributed by atoms with van der Waals surface area (Å²) in [7, 11) is -1.93. The Balaban J connectivity index is 1.61. The van der Waals surface area contributed by atoms with Crippen molar-refractivity contribution in [3.8, 4) is 5.75 Å². The van der Waals surface area contributed by atoms with Crippen LogP contribution in [0.1, 0.15) is 25.7 Å². The zero-order valence-electron chi connectivity index (χ0n) is 16.5. The Morgan fingerprint density at radius 1 is 1.07 bits per heavy atom. The summed E-state index contributed by atoms with van der Waals surface area (Å²) in [6.07, 6.45) is 3.90. The van der Waals surface area contributed by atoms with Gasteiger partial charge in [-0.3, -0.25) is 4.79 Å². The van der Waals surface area contributed by atoms with Crippen LogP contribution in [0.25, 0.3) is 0 Å². The van der Waals surface area contributed by atoms with Crippen LogP contribution in [0.15, 0.2) is 58.3 Å². The SMILES string of the molecule is COc1ccc(SCC(=O)Nc2cccc(S(=O)(=O)N3CCCCCC3)c2)cc1. The van der Waals surface area contributed by atoms with E-state index < -0.39 is 10.0 Å². The lowest BCUT2D eigenvalue weighted by atomic mass is 10.2. The van der Waals surface area contributed by atoms with E-state index in [1.807, 2.05) is 24.3 Å². The number of hydrogen-bond donors (Lipinski definition) is 1. The van der Waals surface area contributed by atoms with Crippen molar-refractivity contribution in [3.63, 3.8) is 0 Å². The number of thioether (sulfide) groups is 1. The highest BCUT2D eigenvalue weighted by Gasteiger charge is 2.25. The molecule has 8 heteroatoms. The van der Waals surface area contributed by atoms with Crippen LogP contribution in [0.3, 0.4) is 0 Å². The molecule has 1 aliphatic rings. The molecule has 1 N–H and O–H groups in total. The first-order chi connectivity index (χ1) is 14.0. The molecule has 0 saturated carbocycles. The minimum atomic E-state index is -3.54. The average molecular weight is 435 g/mol. The van der Waals surface area contributed by atoms with Gasteiger partial charge < -0.3 is 10.1 Å². The zero-order valence-corrected chi connectivity index (χ0v) is 18.1. The summed E-state index contributed by atoms with van der Waals surface area (Å²) >= 11 is 1.41. The largest absolute Gasteiger partial charge is 0.497 e. The van der Waals surface area contributed by atoms with Crippen LogP contribution in [-0.4, -0.2) is 44.6 Å². The number of amides is 1. The van der Waals surface area contributed by atoms with Gasteiger partial charge in [0.05, 0.1) is 17.8 Å². The van der Waals surface area contributed by atoms with Gasteiger partial charge in [-0.25, -0.2) is 8.42 Å². The number of ether oxygens (including phenoxy) is 1. The molecule has 156 valence electrons. The number of benzene rings is 2. The van der Waals surface area contributed by atoms with E-state index in [1.54, 1.807) is 29.6 Å². The van der Waals surface area contributed by atoms with Crippen molar-refractivity contribution in [3.05, 3.63) is 48.5 Å². The topological polar surface area (TPSA) is 75.7 Å². The highest BCUT2D eigenvalue weighted by atomic mass is 32.2. The predicted octanol–water partition coefficient (Wildman–Crippen LogP) is 3.99. The molecule has 6 nitrogen and oxygen atoms in total. The fourth-order valence-corrected chi connectivity index (χ4v) is 5.45. The predicted molar refractivity (Wildman–Crippen MR) is 116 cm³/mol. The number of carbonyl (C=O) groups excluding carboxylic acids is 1. The molecule has 0 unspecified atom stereocenters. The van der Waals surface area contributed by atoms with Gasteiger partial charge in [0, 0.05) is 23.7 Å². The quantitative estimate of drug-likeness (QED) is 0.667. The first-order valence-electron chi connectivity index (χ1n) is 9.66. The number of carbonyl (C=O) groups is 1. The third kappa shape index (κ3) is 5.98. The normalized spacial score (nSPS) is 15.5. The van der Waals surface area contributed by atoms with Crippen molar-refractivity contribution < 1.29 is 17.9 Å². The zero-order chi connectivity index (χ0) is 20.7. The van der Waals surface area contributed by atoms with Crippen LogP contribution < -0.4 is 10.1 Å². The van der Waals surface area contributed by atoms with Gasteiger partial charge in [-0.15, -0.1) is 11.8 Å². The summed E-state index contributed by atoms with van der Waals surface area (Å²) in [6, 6.07) is 14.0. The molecule has 0 radical (unpaired) electrons. The van der Waals surface area contributed by atoms with Crippen LogP contribution >= 0.6 is 11.8 Å². The summed E-state index contributed by atoms with van der Waals surface area (Å²) in [5, 5.41) is 2.80. The van der Waals surface area contributed by atoms with E-state index >= 15 is 0 Å². The van der Waals surface area contributed by atoms with Gasteiger partial charge in [0.2, 0.25) is 15.9 Å². The molecule has 2 aromatic carbocycles. The van der Waals surface area contributed by atoms with Crippen molar-refractivity contribution in [2.45, 2.75) is 35.5 Å². The highest BCUT2D eigenvalue weighted by Crippen LogP contribution is 2.24. The minimum absolute atomic E-state index is 0.185. The molecule has 1 saturated heterocycles. The van der Waals surface area contributed by atoms with Crippen LogP contribution in [0.2, 0.25) is 0 Å². The van der Waals surface area contributed by atoms with E-state index in [1.165, 1.54) is 17.8 Å². The van der Waals surface area contributed by atoms with Crippen LogP contribution in [0.4, 0.5) is 5.69 Å². The molecular formula is C21H26N2O4S2. The highest BCUT2D eigenvalue weighted by molar-refractivity contribution is 8.00. The standard InChI is InChI=1S/C21H26N2O4S2/c1-27-18-9-11-19(12-10-18)28-16-21(24)22-17-7-6-8-20(15-17)29(25,26)23-13-4-2-3-5-14-23/h6-12,15H,2-5,13-14,16H2,1H3,(H,22,24). The number of methoxy groups -OCH3 is 1. The second kappa shape index (κ2) is 10.1. The van der Waals surface area contributed by atoms with Crippen LogP contribution in [-0.2, 0) is 14.8 Å². The van der Waals surface area contributed by atoms with Crippen molar-refractivity contribution in [1.29, 1.82) is 0 Å². The van der Waals surface area contributed by atoms with Gasteiger partial charge in [-0.1, -0.05) is 18.9 Å². The summed E-state index contributed by atoms with van der Waals surface area (Å²) < 4.78 is 32.6. The first-order valence-corrected chi connectivity index (χ1v) is 12.1. The van der Waals surface area contributed by atoms with Gasteiger partial charge >= 0.3 is 0 Å². The number of anilines is 1. The molecule has 29 heavy (non-hydrogen) atoms. The Morgan fingerprint density at radius 2 is 1.76 bits per heavy atom. The van der Waals surface area contributed by atoms with Gasteiger partial charge in [-0.05, 0) is 55.3 Å². The lowest BCUT2D eigenvalue weighted by Crippen LogP contribution is -2.32. The lowest BCUT2D eigenvalue weighted by molar-refractivity contribution is -0.113. The van der Waals surface area contributed by atoms with Crippen LogP contribution in [0, 0.1) is 0 Å².